The van der Waals surface area contributed by atoms with Crippen molar-refractivity contribution in [3.05, 3.63) is 28.0 Å². The Hall–Kier alpha value is -0.610. The van der Waals surface area contributed by atoms with Crippen molar-refractivity contribution in [3.63, 3.8) is 0 Å². The number of hydrogen-bond donors (Lipinski definition) is 1. The fourth-order valence-corrected chi connectivity index (χ4v) is 1.82. The summed E-state index contributed by atoms with van der Waals surface area (Å²) in [5.41, 5.74) is 6.36. The van der Waals surface area contributed by atoms with Crippen LogP contribution in [-0.4, -0.2) is 7.11 Å². The molecule has 0 aliphatic carbocycles. The van der Waals surface area contributed by atoms with E-state index in [0.717, 1.165) is 0 Å². The van der Waals surface area contributed by atoms with E-state index in [4.69, 9.17) is 10.5 Å². The molecule has 4 heteroatoms. The first-order chi connectivity index (χ1) is 6.06. The van der Waals surface area contributed by atoms with Gasteiger partial charge in [-0.25, -0.2) is 4.39 Å². The highest BCUT2D eigenvalue weighted by Crippen LogP contribution is 2.32. The first kappa shape index (κ1) is 10.5. The zero-order chi connectivity index (χ0) is 10.0. The van der Waals surface area contributed by atoms with Crippen molar-refractivity contribution < 1.29 is 9.13 Å². The Morgan fingerprint density at radius 1 is 1.54 bits per heavy atom. The van der Waals surface area contributed by atoms with E-state index in [9.17, 15) is 4.39 Å². The number of methoxy groups -OCH3 is 1. The van der Waals surface area contributed by atoms with Gasteiger partial charge < -0.3 is 10.5 Å². The summed E-state index contributed by atoms with van der Waals surface area (Å²) in [4.78, 5) is 0. The molecule has 2 nitrogen and oxygen atoms in total. The Morgan fingerprint density at radius 3 is 2.62 bits per heavy atom. The van der Waals surface area contributed by atoms with Crippen LogP contribution in [-0.2, 0) is 0 Å². The lowest BCUT2D eigenvalue weighted by atomic mass is 10.1. The lowest BCUT2D eigenvalue weighted by Crippen LogP contribution is -2.07. The van der Waals surface area contributed by atoms with Crippen LogP contribution in [0.15, 0.2) is 16.6 Å². The minimum Gasteiger partial charge on any atom is -0.495 e. The summed E-state index contributed by atoms with van der Waals surface area (Å²) in [6, 6.07) is 2.49. The maximum atomic E-state index is 13.0. The Bertz CT molecular complexity index is 315. The van der Waals surface area contributed by atoms with Crippen LogP contribution in [0.2, 0.25) is 0 Å². The minimum absolute atomic E-state index is 0.223. The molecule has 0 aliphatic heterocycles. The molecule has 0 aromatic heterocycles. The van der Waals surface area contributed by atoms with Crippen molar-refractivity contribution >= 4 is 15.9 Å². The second kappa shape index (κ2) is 4.07. The maximum absolute atomic E-state index is 13.0. The van der Waals surface area contributed by atoms with Crippen LogP contribution in [0.25, 0.3) is 0 Å². The topological polar surface area (TPSA) is 35.2 Å². The van der Waals surface area contributed by atoms with Gasteiger partial charge in [0.05, 0.1) is 11.6 Å². The molecule has 1 unspecified atom stereocenters. The number of hydrogen-bond acceptors (Lipinski definition) is 2. The van der Waals surface area contributed by atoms with E-state index < -0.39 is 0 Å². The molecule has 0 aliphatic rings. The quantitative estimate of drug-likeness (QED) is 0.873. The highest BCUT2D eigenvalue weighted by Gasteiger charge is 2.11. The molecule has 0 heterocycles. The van der Waals surface area contributed by atoms with Crippen molar-refractivity contribution in [2.75, 3.05) is 7.11 Å². The number of rotatable bonds is 2. The van der Waals surface area contributed by atoms with E-state index in [2.05, 4.69) is 15.9 Å². The molecule has 0 saturated carbocycles. The van der Waals surface area contributed by atoms with Crippen LogP contribution in [0.1, 0.15) is 18.5 Å². The van der Waals surface area contributed by atoms with Crippen LogP contribution in [0.5, 0.6) is 5.75 Å². The van der Waals surface area contributed by atoms with Crippen LogP contribution in [0.4, 0.5) is 4.39 Å². The summed E-state index contributed by atoms with van der Waals surface area (Å²) in [5.74, 6) is 0.125. The molecule has 0 fully saturated rings. The third kappa shape index (κ3) is 2.19. The lowest BCUT2D eigenvalue weighted by molar-refractivity contribution is 0.407. The number of nitrogens with two attached hydrogens (primary N) is 1. The third-order valence-electron chi connectivity index (χ3n) is 1.74. The number of halogens is 2. The SMILES string of the molecule is COc1cc(F)cc(C(C)N)c1Br. The fraction of sp³-hybridized carbons (Fsp3) is 0.333. The Labute approximate surface area is 85.0 Å². The second-order valence-corrected chi connectivity index (χ2v) is 3.59. The highest BCUT2D eigenvalue weighted by atomic mass is 79.9. The number of ether oxygens (including phenoxy) is 1. The lowest BCUT2D eigenvalue weighted by Gasteiger charge is -2.11. The molecule has 13 heavy (non-hydrogen) atoms. The van der Waals surface area contributed by atoms with E-state index in [-0.39, 0.29) is 11.9 Å². The standard InChI is InChI=1S/C9H11BrFNO/c1-5(12)7-3-6(11)4-8(13-2)9(7)10/h3-5H,12H2,1-2H3. The second-order valence-electron chi connectivity index (χ2n) is 2.80. The molecular formula is C9H11BrFNO. The van der Waals surface area contributed by atoms with Crippen molar-refractivity contribution in [2.45, 2.75) is 13.0 Å². The fourth-order valence-electron chi connectivity index (χ4n) is 1.06. The molecule has 1 aromatic carbocycles. The minimum atomic E-state index is -0.340. The van der Waals surface area contributed by atoms with E-state index >= 15 is 0 Å². The first-order valence-electron chi connectivity index (χ1n) is 3.84. The van der Waals surface area contributed by atoms with Gasteiger partial charge in [0.2, 0.25) is 0 Å². The van der Waals surface area contributed by atoms with Gasteiger partial charge in [-0.2, -0.15) is 0 Å². The highest BCUT2D eigenvalue weighted by molar-refractivity contribution is 9.10. The zero-order valence-electron chi connectivity index (χ0n) is 7.47. The van der Waals surface area contributed by atoms with Crippen LogP contribution < -0.4 is 10.5 Å². The van der Waals surface area contributed by atoms with Gasteiger partial charge >= 0.3 is 0 Å². The summed E-state index contributed by atoms with van der Waals surface area (Å²) in [6.45, 7) is 1.79. The van der Waals surface area contributed by atoms with E-state index in [1.54, 1.807) is 6.92 Å². The molecule has 2 N–H and O–H groups in total. The molecule has 72 valence electrons. The van der Waals surface area contributed by atoms with Gasteiger partial charge in [0.15, 0.2) is 0 Å². The van der Waals surface area contributed by atoms with Crippen LogP contribution in [0.3, 0.4) is 0 Å². The van der Waals surface area contributed by atoms with Crippen LogP contribution in [0, 0.1) is 5.82 Å². The summed E-state index contributed by atoms with van der Waals surface area (Å²) < 4.78 is 18.7. The van der Waals surface area contributed by atoms with Crippen molar-refractivity contribution in [1.29, 1.82) is 0 Å². The summed E-state index contributed by atoms with van der Waals surface area (Å²) in [7, 11) is 1.49. The summed E-state index contributed by atoms with van der Waals surface area (Å²) in [6.07, 6.45) is 0. The largest absolute Gasteiger partial charge is 0.495 e. The Morgan fingerprint density at radius 2 is 2.15 bits per heavy atom. The molecule has 0 radical (unpaired) electrons. The van der Waals surface area contributed by atoms with Crippen molar-refractivity contribution in [3.8, 4) is 5.75 Å². The van der Waals surface area contributed by atoms with E-state index in [0.29, 0.717) is 15.8 Å². The molecular weight excluding hydrogens is 237 g/mol. The Kier molecular flexibility index (Phi) is 3.27. The average molecular weight is 248 g/mol. The van der Waals surface area contributed by atoms with Gasteiger partial charge in [-0.15, -0.1) is 0 Å². The molecule has 0 bridgehead atoms. The van der Waals surface area contributed by atoms with Gasteiger partial charge in [0.25, 0.3) is 0 Å². The predicted molar refractivity (Wildman–Crippen MR) is 53.3 cm³/mol. The maximum Gasteiger partial charge on any atom is 0.136 e. The third-order valence-corrected chi connectivity index (χ3v) is 2.59. The number of benzene rings is 1. The van der Waals surface area contributed by atoms with Gasteiger partial charge in [0, 0.05) is 12.1 Å². The zero-order valence-corrected chi connectivity index (χ0v) is 9.06. The predicted octanol–water partition coefficient (Wildman–Crippen LogP) is 2.62. The van der Waals surface area contributed by atoms with E-state index in [1.807, 2.05) is 0 Å². The molecule has 1 aromatic rings. The van der Waals surface area contributed by atoms with Crippen LogP contribution >= 0.6 is 15.9 Å². The van der Waals surface area contributed by atoms with Gasteiger partial charge in [-0.1, -0.05) is 0 Å². The van der Waals surface area contributed by atoms with Crippen molar-refractivity contribution in [2.24, 2.45) is 5.73 Å². The monoisotopic (exact) mass is 247 g/mol. The smallest absolute Gasteiger partial charge is 0.136 e. The summed E-state index contributed by atoms with van der Waals surface area (Å²) in [5, 5.41) is 0. The van der Waals surface area contributed by atoms with Crippen molar-refractivity contribution in [1.82, 2.24) is 0 Å². The van der Waals surface area contributed by atoms with Gasteiger partial charge in [-0.05, 0) is 34.5 Å². The molecule has 0 saturated heterocycles. The molecule has 0 amide bonds. The first-order valence-corrected chi connectivity index (χ1v) is 4.64. The van der Waals surface area contributed by atoms with Gasteiger partial charge in [0.1, 0.15) is 11.6 Å². The van der Waals surface area contributed by atoms with Gasteiger partial charge in [-0.3, -0.25) is 0 Å². The average Bonchev–Trinajstić information content (AvgIpc) is 2.08. The molecule has 0 spiro atoms. The summed E-state index contributed by atoms with van der Waals surface area (Å²) >= 11 is 3.30. The van der Waals surface area contributed by atoms with E-state index in [1.165, 1.54) is 19.2 Å². The molecule has 1 rings (SSSR count). The Balaban J connectivity index is 3.27. The normalized spacial score (nSPS) is 12.7. The molecule has 1 atom stereocenters.